The lowest BCUT2D eigenvalue weighted by Gasteiger charge is -2.27. The topological polar surface area (TPSA) is 79.4 Å². The van der Waals surface area contributed by atoms with Crippen LogP contribution >= 0.6 is 0 Å². The fraction of sp³-hybridized carbons (Fsp3) is 0.400. The second-order valence-electron chi connectivity index (χ2n) is 7.62. The van der Waals surface area contributed by atoms with Gasteiger partial charge in [0.25, 0.3) is 5.91 Å². The first-order chi connectivity index (χ1) is 13.2. The lowest BCUT2D eigenvalue weighted by atomic mass is 9.84. The minimum absolute atomic E-state index is 0.000963. The molecule has 3 rings (SSSR count). The van der Waals surface area contributed by atoms with Gasteiger partial charge >= 0.3 is 0 Å². The van der Waals surface area contributed by atoms with Gasteiger partial charge in [-0.1, -0.05) is 26.0 Å². The summed E-state index contributed by atoms with van der Waals surface area (Å²) in [6.45, 7) is 4.99. The molecule has 1 saturated heterocycles. The molecule has 0 bridgehead atoms. The highest BCUT2D eigenvalue weighted by molar-refractivity contribution is 7.91. The number of nitrogens with zero attached hydrogens (tertiary/aromatic N) is 2. The molecule has 1 aromatic heterocycles. The van der Waals surface area contributed by atoms with Crippen molar-refractivity contribution >= 4 is 21.6 Å². The number of aromatic nitrogens is 1. The molecule has 6 nitrogen and oxygen atoms in total. The second kappa shape index (κ2) is 7.87. The summed E-state index contributed by atoms with van der Waals surface area (Å²) in [7, 11) is -3.03. The number of hydrogen-bond donors (Lipinski definition) is 1. The molecule has 8 heteroatoms. The summed E-state index contributed by atoms with van der Waals surface area (Å²) in [5, 5.41) is 3.22. The Morgan fingerprint density at radius 1 is 1.21 bits per heavy atom. The van der Waals surface area contributed by atoms with Crippen molar-refractivity contribution in [3.05, 3.63) is 59.5 Å². The number of nitrogens with one attached hydrogen (secondary N) is 1. The number of carbonyl (C=O) groups excluding carboxylic acids is 1. The molecule has 0 saturated carbocycles. The van der Waals surface area contributed by atoms with Crippen LogP contribution in [0.15, 0.2) is 42.6 Å². The predicted molar refractivity (Wildman–Crippen MR) is 107 cm³/mol. The van der Waals surface area contributed by atoms with Gasteiger partial charge in [0.05, 0.1) is 17.1 Å². The van der Waals surface area contributed by atoms with Crippen molar-refractivity contribution in [1.82, 2.24) is 9.88 Å². The molecule has 0 aliphatic carbocycles. The van der Waals surface area contributed by atoms with E-state index in [-0.39, 0.29) is 41.7 Å². The summed E-state index contributed by atoms with van der Waals surface area (Å²) < 4.78 is 36.5. The summed E-state index contributed by atoms with van der Waals surface area (Å²) >= 11 is 0. The third kappa shape index (κ3) is 4.86. The maximum atomic E-state index is 13.5. The molecule has 1 amide bonds. The fourth-order valence-corrected chi connectivity index (χ4v) is 4.25. The number of rotatable bonds is 5. The van der Waals surface area contributed by atoms with Crippen molar-refractivity contribution in [2.75, 3.05) is 36.5 Å². The molecular weight excluding hydrogens is 381 g/mol. The Labute approximate surface area is 164 Å². The van der Waals surface area contributed by atoms with Gasteiger partial charge in [0, 0.05) is 31.2 Å². The van der Waals surface area contributed by atoms with Gasteiger partial charge in [-0.3, -0.25) is 4.79 Å². The third-order valence-electron chi connectivity index (χ3n) is 4.96. The number of halogens is 1. The van der Waals surface area contributed by atoms with Crippen LogP contribution in [0.5, 0.6) is 0 Å². The Kier molecular flexibility index (Phi) is 5.69. The summed E-state index contributed by atoms with van der Waals surface area (Å²) in [5.74, 6) is 0.135. The van der Waals surface area contributed by atoms with Crippen LogP contribution in [0, 0.1) is 5.82 Å². The summed E-state index contributed by atoms with van der Waals surface area (Å²) in [6.07, 6.45) is 1.49. The summed E-state index contributed by atoms with van der Waals surface area (Å²) in [4.78, 5) is 18.3. The van der Waals surface area contributed by atoms with E-state index in [2.05, 4.69) is 10.3 Å². The molecule has 0 spiro atoms. The second-order valence-corrected chi connectivity index (χ2v) is 9.93. The number of carbonyl (C=O) groups is 1. The van der Waals surface area contributed by atoms with Crippen molar-refractivity contribution in [3.63, 3.8) is 0 Å². The summed E-state index contributed by atoms with van der Waals surface area (Å²) in [6, 6.07) is 9.92. The zero-order valence-corrected chi connectivity index (χ0v) is 16.8. The van der Waals surface area contributed by atoms with Crippen LogP contribution in [0.2, 0.25) is 0 Å². The molecule has 1 aromatic carbocycles. The van der Waals surface area contributed by atoms with Crippen LogP contribution in [-0.2, 0) is 15.3 Å². The highest BCUT2D eigenvalue weighted by atomic mass is 32.2. The maximum absolute atomic E-state index is 13.5. The number of amides is 1. The van der Waals surface area contributed by atoms with Gasteiger partial charge in [-0.05, 0) is 29.8 Å². The number of hydrogen-bond acceptors (Lipinski definition) is 5. The van der Waals surface area contributed by atoms with E-state index in [1.807, 2.05) is 19.9 Å². The highest BCUT2D eigenvalue weighted by Gasteiger charge is 2.26. The number of sulfone groups is 1. The van der Waals surface area contributed by atoms with Gasteiger partial charge in [-0.2, -0.15) is 0 Å². The van der Waals surface area contributed by atoms with Crippen LogP contribution in [0.25, 0.3) is 0 Å². The van der Waals surface area contributed by atoms with Gasteiger partial charge in [0.15, 0.2) is 9.84 Å². The smallest absolute Gasteiger partial charge is 0.255 e. The van der Waals surface area contributed by atoms with Gasteiger partial charge in [-0.25, -0.2) is 17.8 Å². The van der Waals surface area contributed by atoms with E-state index in [0.29, 0.717) is 17.9 Å². The van der Waals surface area contributed by atoms with E-state index >= 15 is 0 Å². The van der Waals surface area contributed by atoms with Crippen LogP contribution in [0.4, 0.5) is 10.2 Å². The molecule has 28 heavy (non-hydrogen) atoms. The first-order valence-electron chi connectivity index (χ1n) is 9.12. The molecule has 1 fully saturated rings. The molecule has 0 radical (unpaired) electrons. The zero-order valence-electron chi connectivity index (χ0n) is 16.0. The average molecular weight is 405 g/mol. The molecule has 1 aliphatic rings. The van der Waals surface area contributed by atoms with E-state index in [4.69, 9.17) is 0 Å². The van der Waals surface area contributed by atoms with E-state index < -0.39 is 9.84 Å². The first-order valence-corrected chi connectivity index (χ1v) is 10.9. The molecule has 2 aromatic rings. The lowest BCUT2D eigenvalue weighted by molar-refractivity contribution is 0.0770. The van der Waals surface area contributed by atoms with Crippen LogP contribution < -0.4 is 5.32 Å². The molecule has 150 valence electrons. The van der Waals surface area contributed by atoms with E-state index in [1.54, 1.807) is 18.2 Å². The van der Waals surface area contributed by atoms with Crippen LogP contribution in [0.1, 0.15) is 29.8 Å². The Balaban J connectivity index is 1.61. The fourth-order valence-electron chi connectivity index (χ4n) is 3.05. The first kappa shape index (κ1) is 20.3. The quantitative estimate of drug-likeness (QED) is 0.827. The standard InChI is InChI=1S/C20H24FN3O3S/c1-20(2,16-4-3-5-17(21)12-16)14-23-18-7-6-15(13-22-18)19(25)24-8-10-28(26,27)11-9-24/h3-7,12-13H,8-11,14H2,1-2H3,(H,22,23). The monoisotopic (exact) mass is 405 g/mol. The minimum atomic E-state index is -3.03. The van der Waals surface area contributed by atoms with Crippen molar-refractivity contribution in [2.24, 2.45) is 0 Å². The van der Waals surface area contributed by atoms with Gasteiger partial charge in [0.2, 0.25) is 0 Å². The molecule has 1 aliphatic heterocycles. The Morgan fingerprint density at radius 2 is 1.93 bits per heavy atom. The third-order valence-corrected chi connectivity index (χ3v) is 6.57. The van der Waals surface area contributed by atoms with E-state index in [0.717, 1.165) is 5.56 Å². The molecule has 0 atom stereocenters. The average Bonchev–Trinajstić information content (AvgIpc) is 2.66. The zero-order chi connectivity index (χ0) is 20.4. The molecular formula is C20H24FN3O3S. The van der Waals surface area contributed by atoms with Crippen molar-refractivity contribution < 1.29 is 17.6 Å². The van der Waals surface area contributed by atoms with E-state index in [9.17, 15) is 17.6 Å². The summed E-state index contributed by atoms with van der Waals surface area (Å²) in [5.41, 5.74) is 0.999. The van der Waals surface area contributed by atoms with E-state index in [1.165, 1.54) is 23.2 Å². The predicted octanol–water partition coefficient (Wildman–Crippen LogP) is 2.48. The molecule has 1 N–H and O–H groups in total. The number of benzene rings is 1. The van der Waals surface area contributed by atoms with Crippen LogP contribution in [-0.4, -0.2) is 55.3 Å². The minimum Gasteiger partial charge on any atom is -0.369 e. The highest BCUT2D eigenvalue weighted by Crippen LogP contribution is 2.24. The lowest BCUT2D eigenvalue weighted by Crippen LogP contribution is -2.43. The Morgan fingerprint density at radius 3 is 2.54 bits per heavy atom. The van der Waals surface area contributed by atoms with Crippen molar-refractivity contribution in [1.29, 1.82) is 0 Å². The number of pyridine rings is 1. The molecule has 2 heterocycles. The largest absolute Gasteiger partial charge is 0.369 e. The Bertz CT molecular complexity index is 945. The van der Waals surface area contributed by atoms with Gasteiger partial charge in [-0.15, -0.1) is 0 Å². The SMILES string of the molecule is CC(C)(CNc1ccc(C(=O)N2CCS(=O)(=O)CC2)cn1)c1cccc(F)c1. The maximum Gasteiger partial charge on any atom is 0.255 e. The number of anilines is 1. The Hall–Kier alpha value is -2.48. The van der Waals surface area contributed by atoms with Gasteiger partial charge < -0.3 is 10.2 Å². The van der Waals surface area contributed by atoms with Gasteiger partial charge in [0.1, 0.15) is 11.6 Å². The normalized spacial score (nSPS) is 16.6. The van der Waals surface area contributed by atoms with Crippen molar-refractivity contribution in [3.8, 4) is 0 Å². The van der Waals surface area contributed by atoms with Crippen LogP contribution in [0.3, 0.4) is 0 Å². The molecule has 0 unspecified atom stereocenters. The van der Waals surface area contributed by atoms with Crippen molar-refractivity contribution in [2.45, 2.75) is 19.3 Å².